The van der Waals surface area contributed by atoms with Crippen molar-refractivity contribution in [2.24, 2.45) is 0 Å². The van der Waals surface area contributed by atoms with Crippen molar-refractivity contribution in [1.82, 2.24) is 0 Å². The third-order valence-electron chi connectivity index (χ3n) is 1.79. The van der Waals surface area contributed by atoms with Crippen LogP contribution in [-0.2, 0) is 0 Å². The first-order valence-corrected chi connectivity index (χ1v) is 5.21. The number of aromatic carboxylic acids is 1. The van der Waals surface area contributed by atoms with Gasteiger partial charge in [0.25, 0.3) is 0 Å². The summed E-state index contributed by atoms with van der Waals surface area (Å²) in [4.78, 5) is 10.9. The molecule has 0 aromatic heterocycles. The molecule has 0 atom stereocenters. The highest BCUT2D eigenvalue weighted by Gasteiger charge is 2.09. The first-order valence-electron chi connectivity index (χ1n) is 4.42. The van der Waals surface area contributed by atoms with Crippen molar-refractivity contribution in [2.75, 3.05) is 11.9 Å². The third kappa shape index (κ3) is 3.40. The smallest absolute Gasteiger partial charge is 0.337 e. The van der Waals surface area contributed by atoms with Crippen LogP contribution in [0.15, 0.2) is 34.8 Å². The first kappa shape index (κ1) is 11.8. The van der Waals surface area contributed by atoms with Crippen LogP contribution < -0.4 is 5.32 Å². The Kier molecular flexibility index (Phi) is 3.91. The number of carbonyl (C=O) groups is 1. The molecule has 0 saturated carbocycles. The molecule has 4 heteroatoms. The maximum atomic E-state index is 10.9. The molecule has 0 aliphatic heterocycles. The molecule has 0 unspecified atom stereocenters. The minimum absolute atomic E-state index is 0.263. The molecular weight excluding hydrogens is 258 g/mol. The zero-order valence-electron chi connectivity index (χ0n) is 8.38. The molecule has 0 heterocycles. The summed E-state index contributed by atoms with van der Waals surface area (Å²) in [6.45, 7) is 6.19. The van der Waals surface area contributed by atoms with Crippen LogP contribution in [-0.4, -0.2) is 17.6 Å². The van der Waals surface area contributed by atoms with E-state index in [-0.39, 0.29) is 5.56 Å². The molecule has 2 N–H and O–H groups in total. The van der Waals surface area contributed by atoms with Crippen LogP contribution in [0.25, 0.3) is 0 Å². The molecule has 1 aromatic rings. The van der Waals surface area contributed by atoms with E-state index in [2.05, 4.69) is 27.8 Å². The van der Waals surface area contributed by atoms with Crippen LogP contribution in [0, 0.1) is 0 Å². The van der Waals surface area contributed by atoms with Crippen molar-refractivity contribution in [3.8, 4) is 0 Å². The predicted octanol–water partition coefficient (Wildman–Crippen LogP) is 3.14. The Morgan fingerprint density at radius 1 is 1.60 bits per heavy atom. The molecule has 80 valence electrons. The van der Waals surface area contributed by atoms with E-state index in [0.29, 0.717) is 12.2 Å². The van der Waals surface area contributed by atoms with Crippen molar-refractivity contribution >= 4 is 27.6 Å². The average molecular weight is 270 g/mol. The molecule has 0 aliphatic carbocycles. The van der Waals surface area contributed by atoms with Crippen LogP contribution in [0.4, 0.5) is 5.69 Å². The van der Waals surface area contributed by atoms with Gasteiger partial charge >= 0.3 is 5.97 Å². The van der Waals surface area contributed by atoms with Gasteiger partial charge in [0.15, 0.2) is 0 Å². The second kappa shape index (κ2) is 4.98. The number of anilines is 1. The number of hydrogen-bond donors (Lipinski definition) is 2. The zero-order chi connectivity index (χ0) is 11.4. The SMILES string of the molecule is C=C(C)CNc1cc(Br)ccc1C(=O)O. The van der Waals surface area contributed by atoms with Crippen LogP contribution in [0.2, 0.25) is 0 Å². The van der Waals surface area contributed by atoms with Crippen LogP contribution >= 0.6 is 15.9 Å². The van der Waals surface area contributed by atoms with Gasteiger partial charge in [-0.05, 0) is 25.1 Å². The number of nitrogens with one attached hydrogen (secondary N) is 1. The molecule has 0 spiro atoms. The van der Waals surface area contributed by atoms with Gasteiger partial charge in [-0.15, -0.1) is 0 Å². The van der Waals surface area contributed by atoms with E-state index in [0.717, 1.165) is 10.0 Å². The fraction of sp³-hybridized carbons (Fsp3) is 0.182. The van der Waals surface area contributed by atoms with Crippen molar-refractivity contribution in [3.05, 3.63) is 40.4 Å². The van der Waals surface area contributed by atoms with Gasteiger partial charge in [-0.25, -0.2) is 4.79 Å². The van der Waals surface area contributed by atoms with Gasteiger partial charge < -0.3 is 10.4 Å². The van der Waals surface area contributed by atoms with E-state index in [1.807, 2.05) is 6.92 Å². The monoisotopic (exact) mass is 269 g/mol. The summed E-state index contributed by atoms with van der Waals surface area (Å²) >= 11 is 3.30. The van der Waals surface area contributed by atoms with Crippen molar-refractivity contribution in [3.63, 3.8) is 0 Å². The lowest BCUT2D eigenvalue weighted by molar-refractivity contribution is 0.0698. The molecule has 0 radical (unpaired) electrons. The highest BCUT2D eigenvalue weighted by molar-refractivity contribution is 9.10. The molecule has 0 saturated heterocycles. The topological polar surface area (TPSA) is 49.3 Å². The standard InChI is InChI=1S/C11H12BrNO2/c1-7(2)6-13-10-5-8(12)3-4-9(10)11(14)15/h3-5,13H,1,6H2,2H3,(H,14,15). The van der Waals surface area contributed by atoms with Gasteiger partial charge in [-0.2, -0.15) is 0 Å². The predicted molar refractivity (Wildman–Crippen MR) is 64.4 cm³/mol. The summed E-state index contributed by atoms with van der Waals surface area (Å²) in [7, 11) is 0. The number of hydrogen-bond acceptors (Lipinski definition) is 2. The highest BCUT2D eigenvalue weighted by atomic mass is 79.9. The van der Waals surface area contributed by atoms with Crippen molar-refractivity contribution < 1.29 is 9.90 Å². The number of carboxylic acids is 1. The molecule has 1 aromatic carbocycles. The number of rotatable bonds is 4. The fourth-order valence-corrected chi connectivity index (χ4v) is 1.46. The van der Waals surface area contributed by atoms with Gasteiger partial charge in [0.2, 0.25) is 0 Å². The van der Waals surface area contributed by atoms with E-state index < -0.39 is 5.97 Å². The van der Waals surface area contributed by atoms with Crippen molar-refractivity contribution in [1.29, 1.82) is 0 Å². The van der Waals surface area contributed by atoms with Gasteiger partial charge in [0, 0.05) is 11.0 Å². The summed E-state index contributed by atoms with van der Waals surface area (Å²) in [6.07, 6.45) is 0. The third-order valence-corrected chi connectivity index (χ3v) is 2.29. The molecule has 0 amide bonds. The molecule has 15 heavy (non-hydrogen) atoms. The van der Waals surface area contributed by atoms with E-state index in [1.165, 1.54) is 0 Å². The lowest BCUT2D eigenvalue weighted by atomic mass is 10.1. The number of halogens is 1. The Morgan fingerprint density at radius 3 is 2.80 bits per heavy atom. The molecular formula is C11H12BrNO2. The first-order chi connectivity index (χ1) is 7.00. The summed E-state index contributed by atoms with van der Waals surface area (Å²) in [6, 6.07) is 5.01. The highest BCUT2D eigenvalue weighted by Crippen LogP contribution is 2.21. The molecule has 1 rings (SSSR count). The van der Waals surface area contributed by atoms with E-state index >= 15 is 0 Å². The van der Waals surface area contributed by atoms with Gasteiger partial charge in [-0.3, -0.25) is 0 Å². The van der Waals surface area contributed by atoms with Gasteiger partial charge in [0.1, 0.15) is 0 Å². The maximum absolute atomic E-state index is 10.9. The Balaban J connectivity index is 2.96. The van der Waals surface area contributed by atoms with E-state index in [1.54, 1.807) is 18.2 Å². The lowest BCUT2D eigenvalue weighted by Gasteiger charge is -2.09. The molecule has 0 aliphatic rings. The maximum Gasteiger partial charge on any atom is 0.337 e. The minimum atomic E-state index is -0.938. The summed E-state index contributed by atoms with van der Waals surface area (Å²) in [5.41, 5.74) is 1.81. The average Bonchev–Trinajstić information content (AvgIpc) is 2.14. The summed E-state index contributed by atoms with van der Waals surface area (Å²) in [5.74, 6) is -0.938. The largest absolute Gasteiger partial charge is 0.478 e. The molecule has 3 nitrogen and oxygen atoms in total. The quantitative estimate of drug-likeness (QED) is 0.826. The van der Waals surface area contributed by atoms with Gasteiger partial charge in [-0.1, -0.05) is 28.1 Å². The van der Waals surface area contributed by atoms with Crippen LogP contribution in [0.5, 0.6) is 0 Å². The summed E-state index contributed by atoms with van der Waals surface area (Å²) in [5, 5.41) is 12.0. The van der Waals surface area contributed by atoms with Crippen LogP contribution in [0.1, 0.15) is 17.3 Å². The normalized spacial score (nSPS) is 9.73. The molecule has 0 fully saturated rings. The van der Waals surface area contributed by atoms with Crippen LogP contribution in [0.3, 0.4) is 0 Å². The van der Waals surface area contributed by atoms with Crippen molar-refractivity contribution in [2.45, 2.75) is 6.92 Å². The Hall–Kier alpha value is -1.29. The second-order valence-corrected chi connectivity index (χ2v) is 4.22. The zero-order valence-corrected chi connectivity index (χ0v) is 9.97. The van der Waals surface area contributed by atoms with E-state index in [4.69, 9.17) is 5.11 Å². The second-order valence-electron chi connectivity index (χ2n) is 3.31. The lowest BCUT2D eigenvalue weighted by Crippen LogP contribution is -2.07. The Morgan fingerprint density at radius 2 is 2.27 bits per heavy atom. The van der Waals surface area contributed by atoms with E-state index in [9.17, 15) is 4.79 Å². The van der Waals surface area contributed by atoms with Gasteiger partial charge in [0.05, 0.1) is 11.3 Å². The fourth-order valence-electron chi connectivity index (χ4n) is 1.10. The number of carboxylic acid groups (broad SMARTS) is 1. The Labute approximate surface area is 96.9 Å². The number of benzene rings is 1. The summed E-state index contributed by atoms with van der Waals surface area (Å²) < 4.78 is 0.844. The molecule has 0 bridgehead atoms. The Bertz CT molecular complexity index is 402. The minimum Gasteiger partial charge on any atom is -0.478 e.